The first-order chi connectivity index (χ1) is 11.3. The van der Waals surface area contributed by atoms with Gasteiger partial charge in [-0.25, -0.2) is 9.78 Å². The minimum Gasteiger partial charge on any atom is -0.493 e. The van der Waals surface area contributed by atoms with E-state index in [2.05, 4.69) is 15.3 Å². The number of carbonyl (C=O) groups is 1. The first kappa shape index (κ1) is 14.1. The molecule has 1 atom stereocenters. The molecule has 2 amide bonds. The normalized spacial score (nSPS) is 20.0. The van der Waals surface area contributed by atoms with Gasteiger partial charge in [-0.05, 0) is 43.0 Å². The van der Waals surface area contributed by atoms with E-state index in [1.165, 1.54) is 0 Å². The third kappa shape index (κ3) is 2.76. The number of benzene rings is 1. The lowest BCUT2D eigenvalue weighted by atomic mass is 10.0. The van der Waals surface area contributed by atoms with Gasteiger partial charge in [-0.3, -0.25) is 0 Å². The third-order valence-corrected chi connectivity index (χ3v) is 4.54. The second-order valence-corrected chi connectivity index (χ2v) is 6.03. The molecule has 2 aliphatic rings. The second kappa shape index (κ2) is 5.95. The zero-order valence-corrected chi connectivity index (χ0v) is 12.9. The summed E-state index contributed by atoms with van der Waals surface area (Å²) < 4.78 is 5.51. The van der Waals surface area contributed by atoms with E-state index in [1.807, 2.05) is 23.1 Å². The molecule has 6 heteroatoms. The number of urea groups is 1. The van der Waals surface area contributed by atoms with Crippen molar-refractivity contribution in [1.29, 1.82) is 0 Å². The van der Waals surface area contributed by atoms with Gasteiger partial charge in [-0.1, -0.05) is 0 Å². The van der Waals surface area contributed by atoms with Crippen molar-refractivity contribution < 1.29 is 9.53 Å². The maximum atomic E-state index is 12.7. The Hall–Kier alpha value is -2.50. The molecular formula is C17H20N4O2. The number of nitrogens with one attached hydrogen (secondary N) is 2. The fourth-order valence-corrected chi connectivity index (χ4v) is 3.38. The summed E-state index contributed by atoms with van der Waals surface area (Å²) in [5.74, 6) is 1.79. The molecule has 1 aromatic heterocycles. The highest BCUT2D eigenvalue weighted by Crippen LogP contribution is 2.31. The number of aromatic amines is 1. The summed E-state index contributed by atoms with van der Waals surface area (Å²) in [6.07, 6.45) is 7.53. The number of hydrogen-bond donors (Lipinski definition) is 2. The van der Waals surface area contributed by atoms with Gasteiger partial charge in [0.2, 0.25) is 0 Å². The molecule has 3 heterocycles. The molecule has 6 nitrogen and oxygen atoms in total. The highest BCUT2D eigenvalue weighted by molar-refractivity contribution is 5.90. The molecule has 0 saturated carbocycles. The van der Waals surface area contributed by atoms with Crippen molar-refractivity contribution in [2.75, 3.05) is 18.5 Å². The number of H-pyrrole nitrogens is 1. The van der Waals surface area contributed by atoms with Crippen molar-refractivity contribution in [3.63, 3.8) is 0 Å². The number of imidazole rings is 1. The second-order valence-electron chi connectivity index (χ2n) is 6.03. The standard InChI is InChI=1S/C17H20N4O2/c22-17(20-13-4-5-15-12(11-13)6-10-23-15)21-9-2-1-3-14(21)16-18-7-8-19-16/h4-5,7-8,11,14H,1-3,6,9-10H2,(H,18,19)(H,20,22). The molecule has 23 heavy (non-hydrogen) atoms. The van der Waals surface area contributed by atoms with E-state index < -0.39 is 0 Å². The minimum atomic E-state index is -0.0648. The number of nitrogens with zero attached hydrogens (tertiary/aromatic N) is 2. The number of aromatic nitrogens is 2. The summed E-state index contributed by atoms with van der Waals surface area (Å²) in [6.45, 7) is 1.48. The van der Waals surface area contributed by atoms with Crippen LogP contribution in [0.5, 0.6) is 5.75 Å². The molecule has 0 spiro atoms. The zero-order valence-electron chi connectivity index (χ0n) is 12.9. The van der Waals surface area contributed by atoms with E-state index >= 15 is 0 Å². The summed E-state index contributed by atoms with van der Waals surface area (Å²) in [5, 5.41) is 3.02. The first-order valence-corrected chi connectivity index (χ1v) is 8.14. The van der Waals surface area contributed by atoms with Gasteiger partial charge in [0.15, 0.2) is 0 Å². The van der Waals surface area contributed by atoms with Crippen LogP contribution in [0.25, 0.3) is 0 Å². The van der Waals surface area contributed by atoms with E-state index in [9.17, 15) is 4.79 Å². The average molecular weight is 312 g/mol. The number of likely N-dealkylation sites (tertiary alicyclic amines) is 1. The monoisotopic (exact) mass is 312 g/mol. The maximum absolute atomic E-state index is 12.7. The lowest BCUT2D eigenvalue weighted by Crippen LogP contribution is -2.41. The largest absolute Gasteiger partial charge is 0.493 e. The molecule has 0 aliphatic carbocycles. The summed E-state index contributed by atoms with van der Waals surface area (Å²) >= 11 is 0. The van der Waals surface area contributed by atoms with Crippen LogP contribution >= 0.6 is 0 Å². The summed E-state index contributed by atoms with van der Waals surface area (Å²) in [5.41, 5.74) is 1.98. The third-order valence-electron chi connectivity index (χ3n) is 4.54. The Labute approximate surface area is 134 Å². The van der Waals surface area contributed by atoms with Gasteiger partial charge in [0.1, 0.15) is 11.6 Å². The highest BCUT2D eigenvalue weighted by Gasteiger charge is 2.29. The van der Waals surface area contributed by atoms with Crippen LogP contribution in [0.15, 0.2) is 30.6 Å². The van der Waals surface area contributed by atoms with Crippen molar-refractivity contribution in [2.24, 2.45) is 0 Å². The molecule has 1 fully saturated rings. The van der Waals surface area contributed by atoms with Crippen LogP contribution in [0.1, 0.15) is 36.7 Å². The van der Waals surface area contributed by atoms with Crippen molar-refractivity contribution in [2.45, 2.75) is 31.7 Å². The van der Waals surface area contributed by atoms with E-state index in [-0.39, 0.29) is 12.1 Å². The summed E-state index contributed by atoms with van der Waals surface area (Å²) in [6, 6.07) is 5.79. The Morgan fingerprint density at radius 3 is 3.22 bits per heavy atom. The fraction of sp³-hybridized carbons (Fsp3) is 0.412. The van der Waals surface area contributed by atoms with Crippen LogP contribution in [-0.4, -0.2) is 34.1 Å². The van der Waals surface area contributed by atoms with Crippen LogP contribution in [0, 0.1) is 0 Å². The first-order valence-electron chi connectivity index (χ1n) is 8.14. The van der Waals surface area contributed by atoms with Gasteiger partial charge in [-0.15, -0.1) is 0 Å². The van der Waals surface area contributed by atoms with Crippen molar-refractivity contribution >= 4 is 11.7 Å². The van der Waals surface area contributed by atoms with Crippen molar-refractivity contribution in [3.05, 3.63) is 42.0 Å². The van der Waals surface area contributed by atoms with Crippen LogP contribution in [0.3, 0.4) is 0 Å². The van der Waals surface area contributed by atoms with Gasteiger partial charge < -0.3 is 19.9 Å². The van der Waals surface area contributed by atoms with E-state index in [4.69, 9.17) is 4.74 Å². The van der Waals surface area contributed by atoms with Gasteiger partial charge >= 0.3 is 6.03 Å². The number of rotatable bonds is 2. The zero-order chi connectivity index (χ0) is 15.6. The number of fused-ring (bicyclic) bond motifs is 1. The minimum absolute atomic E-state index is 0.0245. The van der Waals surface area contributed by atoms with Crippen LogP contribution in [0.2, 0.25) is 0 Å². The van der Waals surface area contributed by atoms with E-state index in [0.29, 0.717) is 0 Å². The van der Waals surface area contributed by atoms with Crippen LogP contribution in [-0.2, 0) is 6.42 Å². The Morgan fingerprint density at radius 2 is 2.35 bits per heavy atom. The van der Waals surface area contributed by atoms with Crippen LogP contribution in [0.4, 0.5) is 10.5 Å². The van der Waals surface area contributed by atoms with Gasteiger partial charge in [0.05, 0.1) is 12.6 Å². The number of hydrogen-bond acceptors (Lipinski definition) is 3. The number of piperidine rings is 1. The molecule has 2 aliphatic heterocycles. The molecule has 2 N–H and O–H groups in total. The predicted octanol–water partition coefficient (Wildman–Crippen LogP) is 3.10. The summed E-state index contributed by atoms with van der Waals surface area (Å²) in [7, 11) is 0. The average Bonchev–Trinajstić information content (AvgIpc) is 3.26. The number of anilines is 1. The molecule has 0 bridgehead atoms. The van der Waals surface area contributed by atoms with Gasteiger partial charge in [0.25, 0.3) is 0 Å². The fourth-order valence-electron chi connectivity index (χ4n) is 3.38. The molecule has 1 saturated heterocycles. The number of ether oxygens (including phenoxy) is 1. The molecule has 0 radical (unpaired) electrons. The van der Waals surface area contributed by atoms with Crippen molar-refractivity contribution in [1.82, 2.24) is 14.9 Å². The van der Waals surface area contributed by atoms with Gasteiger partial charge in [0, 0.05) is 31.0 Å². The Balaban J connectivity index is 1.51. The predicted molar refractivity (Wildman–Crippen MR) is 86.5 cm³/mol. The smallest absolute Gasteiger partial charge is 0.322 e. The molecule has 4 rings (SSSR count). The molecule has 2 aromatic rings. The Kier molecular flexibility index (Phi) is 3.65. The quantitative estimate of drug-likeness (QED) is 0.895. The molecule has 1 aromatic carbocycles. The Bertz CT molecular complexity index is 699. The molecule has 120 valence electrons. The lowest BCUT2D eigenvalue weighted by molar-refractivity contribution is 0.160. The molecule has 1 unspecified atom stereocenters. The highest BCUT2D eigenvalue weighted by atomic mass is 16.5. The molecular weight excluding hydrogens is 292 g/mol. The maximum Gasteiger partial charge on any atom is 0.322 e. The van der Waals surface area contributed by atoms with Crippen LogP contribution < -0.4 is 10.1 Å². The summed E-state index contributed by atoms with van der Waals surface area (Å²) in [4.78, 5) is 22.1. The van der Waals surface area contributed by atoms with Gasteiger partial charge in [-0.2, -0.15) is 0 Å². The Morgan fingerprint density at radius 1 is 1.39 bits per heavy atom. The van der Waals surface area contributed by atoms with E-state index in [1.54, 1.807) is 12.4 Å². The number of carbonyl (C=O) groups excluding carboxylic acids is 1. The number of amides is 2. The lowest BCUT2D eigenvalue weighted by Gasteiger charge is -2.34. The SMILES string of the molecule is O=C(Nc1ccc2c(c1)CCO2)N1CCCCC1c1ncc[nH]1. The van der Waals surface area contributed by atoms with Crippen molar-refractivity contribution in [3.8, 4) is 5.75 Å². The topological polar surface area (TPSA) is 70.2 Å². The van der Waals surface area contributed by atoms with E-state index in [0.717, 1.165) is 61.7 Å².